The number of nitrogens with two attached hydrogens (primary N) is 1. The molecule has 0 saturated carbocycles. The van der Waals surface area contributed by atoms with E-state index in [-0.39, 0.29) is 5.91 Å². The molecule has 0 spiro atoms. The largest absolute Gasteiger partial charge is 0.326 e. The van der Waals surface area contributed by atoms with Gasteiger partial charge in [0.2, 0.25) is 0 Å². The van der Waals surface area contributed by atoms with Crippen LogP contribution in [0.25, 0.3) is 0 Å². The number of hydrogen-bond donors (Lipinski definition) is 2. The molecule has 0 bridgehead atoms. The van der Waals surface area contributed by atoms with Crippen LogP contribution in [0.1, 0.15) is 15.9 Å². The summed E-state index contributed by atoms with van der Waals surface area (Å²) < 4.78 is 0. The highest BCUT2D eigenvalue weighted by Gasteiger charge is 2.06. The van der Waals surface area contributed by atoms with Gasteiger partial charge in [-0.1, -0.05) is 6.07 Å². The normalized spacial score (nSPS) is 9.94. The van der Waals surface area contributed by atoms with Crippen molar-refractivity contribution in [3.63, 3.8) is 0 Å². The maximum atomic E-state index is 11.7. The second-order valence-corrected chi connectivity index (χ2v) is 3.34. The minimum absolute atomic E-state index is 0.270. The monoisotopic (exact) mass is 229 g/mol. The summed E-state index contributed by atoms with van der Waals surface area (Å²) in [7, 11) is 0. The maximum Gasteiger partial charge on any atom is 0.258 e. The van der Waals surface area contributed by atoms with Crippen LogP contribution >= 0.6 is 0 Å². The number of amides is 1. The molecular weight excluding hydrogens is 218 g/mol. The van der Waals surface area contributed by atoms with Crippen LogP contribution < -0.4 is 11.1 Å². The Kier molecular flexibility index (Phi) is 3.37. The average molecular weight is 229 g/mol. The van der Waals surface area contributed by atoms with E-state index in [0.717, 1.165) is 5.56 Å². The molecule has 0 aliphatic heterocycles. The number of nitrogens with zero attached hydrogens (tertiary/aromatic N) is 3. The predicted molar refractivity (Wildman–Crippen MR) is 62.1 cm³/mol. The Morgan fingerprint density at radius 3 is 2.71 bits per heavy atom. The van der Waals surface area contributed by atoms with Gasteiger partial charge in [0, 0.05) is 12.7 Å². The van der Waals surface area contributed by atoms with Gasteiger partial charge in [0.05, 0.1) is 18.0 Å². The zero-order valence-corrected chi connectivity index (χ0v) is 9.00. The first-order valence-electron chi connectivity index (χ1n) is 5.02. The SMILES string of the molecule is NCc1ccc(NC(=O)c2ccnnc2)nc1. The molecule has 0 radical (unpaired) electrons. The first-order chi connectivity index (χ1) is 8.29. The van der Waals surface area contributed by atoms with Crippen molar-refractivity contribution in [2.45, 2.75) is 6.54 Å². The van der Waals surface area contributed by atoms with Gasteiger partial charge in [-0.25, -0.2) is 4.98 Å². The number of pyridine rings is 1. The summed E-state index contributed by atoms with van der Waals surface area (Å²) in [6, 6.07) is 5.10. The van der Waals surface area contributed by atoms with Crippen molar-refractivity contribution in [3.8, 4) is 0 Å². The van der Waals surface area contributed by atoms with Crippen molar-refractivity contribution < 1.29 is 4.79 Å². The summed E-state index contributed by atoms with van der Waals surface area (Å²) in [5.74, 6) is 0.205. The average Bonchev–Trinajstić information content (AvgIpc) is 2.40. The number of anilines is 1. The Bertz CT molecular complexity index is 497. The number of hydrogen-bond acceptors (Lipinski definition) is 5. The van der Waals surface area contributed by atoms with E-state index < -0.39 is 0 Å². The summed E-state index contributed by atoms with van der Waals surface area (Å²) in [6.07, 6.45) is 4.48. The molecule has 2 aromatic rings. The Balaban J connectivity index is 2.08. The van der Waals surface area contributed by atoms with E-state index >= 15 is 0 Å². The van der Waals surface area contributed by atoms with Crippen LogP contribution in [-0.2, 0) is 6.54 Å². The van der Waals surface area contributed by atoms with Gasteiger partial charge in [-0.3, -0.25) is 4.79 Å². The topological polar surface area (TPSA) is 93.8 Å². The van der Waals surface area contributed by atoms with Crippen molar-refractivity contribution in [2.75, 3.05) is 5.32 Å². The van der Waals surface area contributed by atoms with Gasteiger partial charge >= 0.3 is 0 Å². The molecule has 0 aromatic carbocycles. The van der Waals surface area contributed by atoms with Crippen molar-refractivity contribution in [1.29, 1.82) is 0 Å². The Labute approximate surface area is 97.9 Å². The molecule has 1 amide bonds. The highest BCUT2D eigenvalue weighted by Crippen LogP contribution is 2.06. The fraction of sp³-hybridized carbons (Fsp3) is 0.0909. The maximum absolute atomic E-state index is 11.7. The number of carbonyl (C=O) groups excluding carboxylic acids is 1. The summed E-state index contributed by atoms with van der Waals surface area (Å²) in [5, 5.41) is 9.88. The molecule has 0 fully saturated rings. The van der Waals surface area contributed by atoms with Crippen molar-refractivity contribution >= 4 is 11.7 Å². The smallest absolute Gasteiger partial charge is 0.258 e. The number of aromatic nitrogens is 3. The fourth-order valence-corrected chi connectivity index (χ4v) is 1.23. The molecule has 3 N–H and O–H groups in total. The molecule has 2 rings (SSSR count). The van der Waals surface area contributed by atoms with Gasteiger partial charge in [-0.15, -0.1) is 0 Å². The van der Waals surface area contributed by atoms with E-state index in [1.165, 1.54) is 12.4 Å². The molecule has 0 atom stereocenters. The van der Waals surface area contributed by atoms with Gasteiger partial charge in [-0.2, -0.15) is 10.2 Å². The van der Waals surface area contributed by atoms with Gasteiger partial charge in [0.25, 0.3) is 5.91 Å². The fourth-order valence-electron chi connectivity index (χ4n) is 1.23. The lowest BCUT2D eigenvalue weighted by molar-refractivity contribution is 0.102. The Morgan fingerprint density at radius 2 is 2.12 bits per heavy atom. The van der Waals surface area contributed by atoms with E-state index in [0.29, 0.717) is 17.9 Å². The van der Waals surface area contributed by atoms with Gasteiger partial charge in [0.15, 0.2) is 0 Å². The molecule has 0 saturated heterocycles. The molecule has 6 heteroatoms. The van der Waals surface area contributed by atoms with Crippen molar-refractivity contribution in [2.24, 2.45) is 5.73 Å². The third-order valence-electron chi connectivity index (χ3n) is 2.15. The van der Waals surface area contributed by atoms with Crippen molar-refractivity contribution in [3.05, 3.63) is 47.9 Å². The molecule has 0 unspecified atom stereocenters. The van der Waals surface area contributed by atoms with Gasteiger partial charge in [-0.05, 0) is 17.7 Å². The first-order valence-corrected chi connectivity index (χ1v) is 5.02. The summed E-state index contributed by atoms with van der Waals surface area (Å²) in [5.41, 5.74) is 6.80. The van der Waals surface area contributed by atoms with Crippen LogP contribution in [0.2, 0.25) is 0 Å². The third-order valence-corrected chi connectivity index (χ3v) is 2.15. The quantitative estimate of drug-likeness (QED) is 0.803. The highest BCUT2D eigenvalue weighted by atomic mass is 16.1. The zero-order valence-electron chi connectivity index (χ0n) is 9.00. The predicted octanol–water partition coefficient (Wildman–Crippen LogP) is 0.583. The molecule has 0 aliphatic carbocycles. The minimum atomic E-state index is -0.270. The lowest BCUT2D eigenvalue weighted by Crippen LogP contribution is -2.13. The molecule has 86 valence electrons. The van der Waals surface area contributed by atoms with E-state index in [2.05, 4.69) is 20.5 Å². The zero-order chi connectivity index (χ0) is 12.1. The molecule has 0 aliphatic rings. The van der Waals surface area contributed by atoms with E-state index in [4.69, 9.17) is 5.73 Å². The second-order valence-electron chi connectivity index (χ2n) is 3.34. The van der Waals surface area contributed by atoms with Gasteiger partial charge < -0.3 is 11.1 Å². The van der Waals surface area contributed by atoms with Gasteiger partial charge in [0.1, 0.15) is 5.82 Å². The standard InChI is InChI=1S/C11H11N5O/c12-5-8-1-2-10(13-6-8)16-11(17)9-3-4-14-15-7-9/h1-4,6-7H,5,12H2,(H,13,16,17). The minimum Gasteiger partial charge on any atom is -0.326 e. The lowest BCUT2D eigenvalue weighted by atomic mass is 10.2. The molecule has 17 heavy (non-hydrogen) atoms. The molecule has 2 aromatic heterocycles. The Hall–Kier alpha value is -2.34. The molecule has 6 nitrogen and oxygen atoms in total. The highest BCUT2D eigenvalue weighted by molar-refractivity contribution is 6.03. The van der Waals surface area contributed by atoms with Crippen LogP contribution in [0.15, 0.2) is 36.8 Å². The second kappa shape index (κ2) is 5.13. The third kappa shape index (κ3) is 2.82. The van der Waals surface area contributed by atoms with E-state index in [1.54, 1.807) is 18.3 Å². The summed E-state index contributed by atoms with van der Waals surface area (Å²) in [6.45, 7) is 0.426. The molecular formula is C11H11N5O. The summed E-state index contributed by atoms with van der Waals surface area (Å²) >= 11 is 0. The first kappa shape index (κ1) is 11.2. The number of carbonyl (C=O) groups is 1. The van der Waals surface area contributed by atoms with E-state index in [9.17, 15) is 4.79 Å². The molecule has 2 heterocycles. The number of rotatable bonds is 3. The summed E-state index contributed by atoms with van der Waals surface area (Å²) in [4.78, 5) is 15.8. The lowest BCUT2D eigenvalue weighted by Gasteiger charge is -2.04. The van der Waals surface area contributed by atoms with Crippen molar-refractivity contribution in [1.82, 2.24) is 15.2 Å². The van der Waals surface area contributed by atoms with Crippen LogP contribution in [-0.4, -0.2) is 21.1 Å². The van der Waals surface area contributed by atoms with E-state index in [1.807, 2.05) is 6.07 Å². The van der Waals surface area contributed by atoms with Crippen LogP contribution in [0.3, 0.4) is 0 Å². The van der Waals surface area contributed by atoms with Crippen LogP contribution in [0.4, 0.5) is 5.82 Å². The number of nitrogens with one attached hydrogen (secondary N) is 1. The van der Waals surface area contributed by atoms with Crippen LogP contribution in [0.5, 0.6) is 0 Å². The van der Waals surface area contributed by atoms with Crippen LogP contribution in [0, 0.1) is 0 Å². The Morgan fingerprint density at radius 1 is 1.24 bits per heavy atom.